The first-order valence-corrected chi connectivity index (χ1v) is 6.35. The molecule has 2 aromatic rings. The number of methoxy groups -OCH3 is 1. The minimum absolute atomic E-state index is 0.271. The van der Waals surface area contributed by atoms with E-state index < -0.39 is 11.8 Å². The Morgan fingerprint density at radius 3 is 2.43 bits per heavy atom. The molecule has 0 bridgehead atoms. The summed E-state index contributed by atoms with van der Waals surface area (Å²) in [6, 6.07) is 9.61. The second-order valence-electron chi connectivity index (χ2n) is 3.98. The van der Waals surface area contributed by atoms with Crippen LogP contribution in [0.5, 0.6) is 5.88 Å². The Hall–Kier alpha value is -2.60. The Labute approximate surface area is 126 Å². The number of hydrogen-bond acceptors (Lipinski definition) is 4. The molecule has 0 spiro atoms. The van der Waals surface area contributed by atoms with Crippen molar-refractivity contribution in [2.75, 3.05) is 7.11 Å². The van der Waals surface area contributed by atoms with Crippen LogP contribution in [-0.2, 0) is 0 Å². The van der Waals surface area contributed by atoms with Gasteiger partial charge in [0.25, 0.3) is 11.8 Å². The van der Waals surface area contributed by atoms with Crippen LogP contribution in [0.4, 0.5) is 0 Å². The third-order valence-electron chi connectivity index (χ3n) is 2.62. The molecule has 1 aromatic carbocycles. The van der Waals surface area contributed by atoms with Crippen LogP contribution in [0.2, 0.25) is 5.02 Å². The number of benzene rings is 1. The fourth-order valence-corrected chi connectivity index (χ4v) is 1.76. The van der Waals surface area contributed by atoms with Gasteiger partial charge in [0.05, 0.1) is 23.3 Å². The lowest BCUT2D eigenvalue weighted by molar-refractivity contribution is 0.0846. The maximum absolute atomic E-state index is 11.9. The molecule has 2 N–H and O–H groups in total. The van der Waals surface area contributed by atoms with E-state index in [1.54, 1.807) is 30.3 Å². The van der Waals surface area contributed by atoms with E-state index in [1.165, 1.54) is 19.4 Å². The van der Waals surface area contributed by atoms with E-state index in [-0.39, 0.29) is 11.1 Å². The Bertz CT molecular complexity index is 659. The number of hydrogen-bond donors (Lipinski definition) is 2. The Morgan fingerprint density at radius 2 is 1.81 bits per heavy atom. The number of halogens is 1. The monoisotopic (exact) mass is 305 g/mol. The molecule has 0 saturated carbocycles. The molecule has 1 aromatic heterocycles. The molecule has 0 atom stereocenters. The fourth-order valence-electron chi connectivity index (χ4n) is 1.53. The minimum atomic E-state index is -0.504. The Kier molecular flexibility index (Phi) is 4.73. The molecule has 6 nitrogen and oxygen atoms in total. The highest BCUT2D eigenvalue weighted by molar-refractivity contribution is 6.33. The minimum Gasteiger partial charge on any atom is -0.481 e. The predicted octanol–water partition coefficient (Wildman–Crippen LogP) is 1.82. The lowest BCUT2D eigenvalue weighted by Crippen LogP contribution is -2.41. The van der Waals surface area contributed by atoms with Crippen LogP contribution in [0.15, 0.2) is 42.6 Å². The van der Waals surface area contributed by atoms with E-state index in [1.807, 2.05) is 0 Å². The highest BCUT2D eigenvalue weighted by atomic mass is 35.5. The molecule has 0 aliphatic rings. The highest BCUT2D eigenvalue weighted by Gasteiger charge is 2.11. The number of ether oxygens (including phenoxy) is 1. The van der Waals surface area contributed by atoms with Crippen molar-refractivity contribution in [3.05, 3.63) is 58.7 Å². The van der Waals surface area contributed by atoms with E-state index in [2.05, 4.69) is 15.8 Å². The molecular formula is C14H12ClN3O3. The van der Waals surface area contributed by atoms with Crippen molar-refractivity contribution in [1.82, 2.24) is 15.8 Å². The first-order valence-electron chi connectivity index (χ1n) is 5.97. The molecular weight excluding hydrogens is 294 g/mol. The molecule has 0 aliphatic carbocycles. The van der Waals surface area contributed by atoms with Crippen LogP contribution in [-0.4, -0.2) is 23.9 Å². The van der Waals surface area contributed by atoms with Gasteiger partial charge in [0.15, 0.2) is 0 Å². The first-order chi connectivity index (χ1) is 10.1. The van der Waals surface area contributed by atoms with Crippen molar-refractivity contribution in [2.45, 2.75) is 0 Å². The number of carbonyl (C=O) groups excluding carboxylic acids is 2. The molecule has 0 fully saturated rings. The molecule has 2 rings (SSSR count). The van der Waals surface area contributed by atoms with Crippen molar-refractivity contribution in [3.63, 3.8) is 0 Å². The predicted molar refractivity (Wildman–Crippen MR) is 77.2 cm³/mol. The quantitative estimate of drug-likeness (QED) is 0.848. The molecule has 21 heavy (non-hydrogen) atoms. The SMILES string of the molecule is COc1ccc(C(=O)NNC(=O)c2ccccc2Cl)cn1. The van der Waals surface area contributed by atoms with E-state index in [0.29, 0.717) is 10.9 Å². The Morgan fingerprint density at radius 1 is 1.10 bits per heavy atom. The second-order valence-corrected chi connectivity index (χ2v) is 4.38. The summed E-state index contributed by atoms with van der Waals surface area (Å²) in [4.78, 5) is 27.6. The molecule has 108 valence electrons. The number of nitrogens with one attached hydrogen (secondary N) is 2. The summed E-state index contributed by atoms with van der Waals surface area (Å²) in [6.45, 7) is 0. The van der Waals surface area contributed by atoms with Gasteiger partial charge in [0.1, 0.15) is 0 Å². The summed E-state index contributed by atoms with van der Waals surface area (Å²) in [5, 5.41) is 0.301. The average molecular weight is 306 g/mol. The fraction of sp³-hybridized carbons (Fsp3) is 0.0714. The summed E-state index contributed by atoms with van der Waals surface area (Å²) in [6.07, 6.45) is 1.34. The zero-order chi connectivity index (χ0) is 15.2. The van der Waals surface area contributed by atoms with Gasteiger partial charge < -0.3 is 4.74 Å². The average Bonchev–Trinajstić information content (AvgIpc) is 2.52. The van der Waals surface area contributed by atoms with Crippen molar-refractivity contribution in [1.29, 1.82) is 0 Å². The van der Waals surface area contributed by atoms with E-state index in [0.717, 1.165) is 0 Å². The molecule has 2 amide bonds. The number of amides is 2. The van der Waals surface area contributed by atoms with Crippen molar-refractivity contribution in [2.24, 2.45) is 0 Å². The van der Waals surface area contributed by atoms with E-state index >= 15 is 0 Å². The largest absolute Gasteiger partial charge is 0.481 e. The van der Waals surface area contributed by atoms with E-state index in [4.69, 9.17) is 16.3 Å². The molecule has 0 aliphatic heterocycles. The third kappa shape index (κ3) is 3.70. The number of rotatable bonds is 3. The summed E-state index contributed by atoms with van der Waals surface area (Å²) < 4.78 is 4.89. The van der Waals surface area contributed by atoms with Crippen molar-refractivity contribution < 1.29 is 14.3 Å². The van der Waals surface area contributed by atoms with Gasteiger partial charge in [0, 0.05) is 12.3 Å². The number of nitrogens with zero attached hydrogens (tertiary/aromatic N) is 1. The van der Waals surface area contributed by atoms with Gasteiger partial charge in [-0.15, -0.1) is 0 Å². The number of aromatic nitrogens is 1. The highest BCUT2D eigenvalue weighted by Crippen LogP contribution is 2.14. The van der Waals surface area contributed by atoms with Crippen LogP contribution >= 0.6 is 11.6 Å². The lowest BCUT2D eigenvalue weighted by Gasteiger charge is -2.08. The lowest BCUT2D eigenvalue weighted by atomic mass is 10.2. The summed E-state index contributed by atoms with van der Waals surface area (Å²) in [7, 11) is 1.48. The molecule has 1 heterocycles. The second kappa shape index (κ2) is 6.71. The van der Waals surface area contributed by atoms with Gasteiger partial charge in [-0.3, -0.25) is 20.4 Å². The van der Waals surface area contributed by atoms with Gasteiger partial charge >= 0.3 is 0 Å². The van der Waals surface area contributed by atoms with E-state index in [9.17, 15) is 9.59 Å². The maximum Gasteiger partial charge on any atom is 0.271 e. The normalized spacial score (nSPS) is 9.81. The van der Waals surface area contributed by atoms with Gasteiger partial charge in [-0.2, -0.15) is 0 Å². The van der Waals surface area contributed by atoms with Crippen molar-refractivity contribution in [3.8, 4) is 5.88 Å². The van der Waals surface area contributed by atoms with Crippen LogP contribution in [0.25, 0.3) is 0 Å². The zero-order valence-electron chi connectivity index (χ0n) is 11.1. The number of carbonyl (C=O) groups is 2. The van der Waals surface area contributed by atoms with Crippen molar-refractivity contribution >= 4 is 23.4 Å². The van der Waals surface area contributed by atoms with Gasteiger partial charge in [0.2, 0.25) is 5.88 Å². The van der Waals surface area contributed by atoms with Crippen LogP contribution < -0.4 is 15.6 Å². The molecule has 0 unspecified atom stereocenters. The van der Waals surface area contributed by atoms with Crippen LogP contribution in [0.3, 0.4) is 0 Å². The van der Waals surface area contributed by atoms with Gasteiger partial charge in [-0.1, -0.05) is 23.7 Å². The molecule has 0 saturated heterocycles. The topological polar surface area (TPSA) is 80.3 Å². The standard InChI is InChI=1S/C14H12ClN3O3/c1-21-12-7-6-9(8-16-12)13(19)17-18-14(20)10-4-2-3-5-11(10)15/h2-8H,1H3,(H,17,19)(H,18,20). The zero-order valence-corrected chi connectivity index (χ0v) is 11.8. The number of pyridine rings is 1. The smallest absolute Gasteiger partial charge is 0.271 e. The number of hydrazine groups is 1. The molecule has 0 radical (unpaired) electrons. The van der Waals surface area contributed by atoms with Gasteiger partial charge in [-0.25, -0.2) is 4.98 Å². The summed E-state index contributed by atoms with van der Waals surface area (Å²) in [5.41, 5.74) is 5.13. The Balaban J connectivity index is 1.97. The summed E-state index contributed by atoms with van der Waals surface area (Å²) >= 11 is 5.89. The van der Waals surface area contributed by atoms with Crippen LogP contribution in [0, 0.1) is 0 Å². The summed E-state index contributed by atoms with van der Waals surface area (Å²) in [5.74, 6) is -0.604. The first kappa shape index (κ1) is 14.8. The maximum atomic E-state index is 11.9. The van der Waals surface area contributed by atoms with Gasteiger partial charge in [-0.05, 0) is 18.2 Å². The third-order valence-corrected chi connectivity index (χ3v) is 2.95. The molecule has 7 heteroatoms. The van der Waals surface area contributed by atoms with Crippen LogP contribution in [0.1, 0.15) is 20.7 Å².